The van der Waals surface area contributed by atoms with E-state index >= 15 is 0 Å². The van der Waals surface area contributed by atoms with Crippen molar-refractivity contribution < 1.29 is 14.2 Å². The summed E-state index contributed by atoms with van der Waals surface area (Å²) in [6.45, 7) is 3.55. The van der Waals surface area contributed by atoms with E-state index in [1.165, 1.54) is 0 Å². The second-order valence-corrected chi connectivity index (χ2v) is 5.02. The number of hydrogen-bond acceptors (Lipinski definition) is 5. The van der Waals surface area contributed by atoms with Crippen LogP contribution in [0.4, 0.5) is 0 Å². The van der Waals surface area contributed by atoms with Crippen LogP contribution in [0.25, 0.3) is 0 Å². The van der Waals surface area contributed by atoms with Crippen molar-refractivity contribution in [3.8, 4) is 17.2 Å². The predicted molar refractivity (Wildman–Crippen MR) is 84.6 cm³/mol. The third-order valence-corrected chi connectivity index (χ3v) is 3.46. The van der Waals surface area contributed by atoms with Crippen LogP contribution in [0, 0.1) is 0 Å². The highest BCUT2D eigenvalue weighted by molar-refractivity contribution is 5.50. The van der Waals surface area contributed by atoms with Gasteiger partial charge < -0.3 is 19.5 Å². The van der Waals surface area contributed by atoms with Crippen LogP contribution in [0.2, 0.25) is 0 Å². The first kappa shape index (κ1) is 16.2. The predicted octanol–water partition coefficient (Wildman–Crippen LogP) is 2.09. The van der Waals surface area contributed by atoms with Crippen LogP contribution in [-0.2, 0) is 13.1 Å². The largest absolute Gasteiger partial charge is 0.496 e. The summed E-state index contributed by atoms with van der Waals surface area (Å²) in [5, 5.41) is 7.67. The maximum absolute atomic E-state index is 5.45. The van der Waals surface area contributed by atoms with Gasteiger partial charge in [0.15, 0.2) is 0 Å². The Bertz CT molecular complexity index is 559. The summed E-state index contributed by atoms with van der Waals surface area (Å²) in [7, 11) is 4.91. The topological polar surface area (TPSA) is 57.5 Å². The molecule has 2 aromatic rings. The third kappa shape index (κ3) is 3.92. The Labute approximate surface area is 131 Å². The van der Waals surface area contributed by atoms with E-state index in [0.29, 0.717) is 12.3 Å². The summed E-state index contributed by atoms with van der Waals surface area (Å²) >= 11 is 0. The SMILES string of the molecule is COc1cc(OC)c(CNC(C)Cn2cccn2)c(OC)c1. The molecule has 1 aromatic carbocycles. The Balaban J connectivity index is 2.07. The van der Waals surface area contributed by atoms with Gasteiger partial charge in [-0.1, -0.05) is 0 Å². The minimum atomic E-state index is 0.261. The number of ether oxygens (including phenoxy) is 3. The average molecular weight is 305 g/mol. The fraction of sp³-hybridized carbons (Fsp3) is 0.438. The van der Waals surface area contributed by atoms with Crippen molar-refractivity contribution >= 4 is 0 Å². The van der Waals surface area contributed by atoms with Gasteiger partial charge in [0, 0.05) is 37.1 Å². The molecule has 0 fully saturated rings. The van der Waals surface area contributed by atoms with E-state index < -0.39 is 0 Å². The first-order chi connectivity index (χ1) is 10.7. The third-order valence-electron chi connectivity index (χ3n) is 3.46. The molecule has 2 rings (SSSR count). The maximum Gasteiger partial charge on any atom is 0.130 e. The molecular weight excluding hydrogens is 282 g/mol. The van der Waals surface area contributed by atoms with E-state index in [9.17, 15) is 0 Å². The molecular formula is C16H23N3O3. The second-order valence-electron chi connectivity index (χ2n) is 5.02. The fourth-order valence-corrected chi connectivity index (χ4v) is 2.28. The zero-order chi connectivity index (χ0) is 15.9. The van der Waals surface area contributed by atoms with Crippen LogP contribution in [0.3, 0.4) is 0 Å². The lowest BCUT2D eigenvalue weighted by Crippen LogP contribution is -2.30. The molecule has 0 radical (unpaired) electrons. The molecule has 1 heterocycles. The molecule has 1 unspecified atom stereocenters. The zero-order valence-electron chi connectivity index (χ0n) is 13.5. The maximum atomic E-state index is 5.45. The van der Waals surface area contributed by atoms with Gasteiger partial charge in [0.2, 0.25) is 0 Å². The lowest BCUT2D eigenvalue weighted by molar-refractivity contribution is 0.362. The molecule has 6 heteroatoms. The molecule has 0 aliphatic heterocycles. The number of methoxy groups -OCH3 is 3. The van der Waals surface area contributed by atoms with Crippen molar-refractivity contribution in [3.63, 3.8) is 0 Å². The van der Waals surface area contributed by atoms with Crippen molar-refractivity contribution in [2.24, 2.45) is 0 Å². The first-order valence-corrected chi connectivity index (χ1v) is 7.17. The van der Waals surface area contributed by atoms with Crippen molar-refractivity contribution in [1.82, 2.24) is 15.1 Å². The van der Waals surface area contributed by atoms with Gasteiger partial charge in [-0.15, -0.1) is 0 Å². The van der Waals surface area contributed by atoms with Gasteiger partial charge in [0.1, 0.15) is 17.2 Å². The highest BCUT2D eigenvalue weighted by Gasteiger charge is 2.14. The number of benzene rings is 1. The fourth-order valence-electron chi connectivity index (χ4n) is 2.28. The van der Waals surface area contributed by atoms with E-state index in [0.717, 1.165) is 23.6 Å². The number of hydrogen-bond donors (Lipinski definition) is 1. The smallest absolute Gasteiger partial charge is 0.130 e. The number of rotatable bonds is 8. The summed E-state index contributed by atoms with van der Waals surface area (Å²) in [5.74, 6) is 2.20. The van der Waals surface area contributed by atoms with Crippen LogP contribution in [0.5, 0.6) is 17.2 Å². The van der Waals surface area contributed by atoms with E-state index in [-0.39, 0.29) is 6.04 Å². The Morgan fingerprint density at radius 2 is 1.82 bits per heavy atom. The second kappa shape index (κ2) is 7.70. The molecule has 0 spiro atoms. The zero-order valence-corrected chi connectivity index (χ0v) is 13.5. The standard InChI is InChI=1S/C16H23N3O3/c1-12(11-19-7-5-6-18-19)17-10-14-15(21-3)8-13(20-2)9-16(14)22-4/h5-9,12,17H,10-11H2,1-4H3. The molecule has 22 heavy (non-hydrogen) atoms. The Hall–Kier alpha value is -2.21. The van der Waals surface area contributed by atoms with Crippen LogP contribution < -0.4 is 19.5 Å². The molecule has 1 aromatic heterocycles. The normalized spacial score (nSPS) is 12.0. The van der Waals surface area contributed by atoms with Crippen molar-refractivity contribution in [3.05, 3.63) is 36.2 Å². The van der Waals surface area contributed by atoms with E-state index in [2.05, 4.69) is 17.3 Å². The highest BCUT2D eigenvalue weighted by atomic mass is 16.5. The monoisotopic (exact) mass is 305 g/mol. The van der Waals surface area contributed by atoms with Crippen LogP contribution >= 0.6 is 0 Å². The van der Waals surface area contributed by atoms with E-state index in [4.69, 9.17) is 14.2 Å². The van der Waals surface area contributed by atoms with Crippen molar-refractivity contribution in [2.45, 2.75) is 26.1 Å². The molecule has 0 bridgehead atoms. The Morgan fingerprint density at radius 3 is 2.32 bits per heavy atom. The van der Waals surface area contributed by atoms with Gasteiger partial charge in [-0.2, -0.15) is 5.10 Å². The van der Waals surface area contributed by atoms with Crippen LogP contribution in [0.1, 0.15) is 12.5 Å². The average Bonchev–Trinajstić information content (AvgIpc) is 3.04. The lowest BCUT2D eigenvalue weighted by Gasteiger charge is -2.18. The van der Waals surface area contributed by atoms with E-state index in [1.807, 2.05) is 29.1 Å². The van der Waals surface area contributed by atoms with Gasteiger partial charge in [-0.05, 0) is 13.0 Å². The minimum Gasteiger partial charge on any atom is -0.496 e. The lowest BCUT2D eigenvalue weighted by atomic mass is 10.1. The van der Waals surface area contributed by atoms with E-state index in [1.54, 1.807) is 27.5 Å². The van der Waals surface area contributed by atoms with Gasteiger partial charge >= 0.3 is 0 Å². The molecule has 1 N–H and O–H groups in total. The molecule has 0 amide bonds. The van der Waals surface area contributed by atoms with Crippen molar-refractivity contribution in [1.29, 1.82) is 0 Å². The van der Waals surface area contributed by atoms with Crippen LogP contribution in [-0.4, -0.2) is 37.2 Å². The summed E-state index contributed by atoms with van der Waals surface area (Å²) < 4.78 is 18.1. The summed E-state index contributed by atoms with van der Waals surface area (Å²) in [6.07, 6.45) is 3.73. The molecule has 0 aliphatic rings. The summed E-state index contributed by atoms with van der Waals surface area (Å²) in [6, 6.07) is 5.90. The quantitative estimate of drug-likeness (QED) is 0.809. The minimum absolute atomic E-state index is 0.261. The Morgan fingerprint density at radius 1 is 1.14 bits per heavy atom. The summed E-state index contributed by atoms with van der Waals surface area (Å²) in [4.78, 5) is 0. The molecule has 0 aliphatic carbocycles. The number of nitrogens with zero attached hydrogens (tertiary/aromatic N) is 2. The Kier molecular flexibility index (Phi) is 5.66. The van der Waals surface area contributed by atoms with Gasteiger partial charge in [0.25, 0.3) is 0 Å². The van der Waals surface area contributed by atoms with Crippen molar-refractivity contribution in [2.75, 3.05) is 21.3 Å². The highest BCUT2D eigenvalue weighted by Crippen LogP contribution is 2.33. The van der Waals surface area contributed by atoms with Gasteiger partial charge in [-0.25, -0.2) is 0 Å². The van der Waals surface area contributed by atoms with Gasteiger partial charge in [-0.3, -0.25) is 4.68 Å². The molecule has 120 valence electrons. The molecule has 0 saturated carbocycles. The summed E-state index contributed by atoms with van der Waals surface area (Å²) in [5.41, 5.74) is 0.970. The first-order valence-electron chi connectivity index (χ1n) is 7.17. The van der Waals surface area contributed by atoms with Gasteiger partial charge in [0.05, 0.1) is 33.4 Å². The molecule has 0 saturated heterocycles. The van der Waals surface area contributed by atoms with Crippen LogP contribution in [0.15, 0.2) is 30.6 Å². The molecule has 1 atom stereocenters. The number of nitrogens with one attached hydrogen (secondary N) is 1. The number of aromatic nitrogens is 2. The molecule has 6 nitrogen and oxygen atoms in total.